The van der Waals surface area contributed by atoms with Gasteiger partial charge in [-0.3, -0.25) is 4.79 Å². The van der Waals surface area contributed by atoms with Gasteiger partial charge in [-0.25, -0.2) is 4.98 Å². The summed E-state index contributed by atoms with van der Waals surface area (Å²) in [6.07, 6.45) is 2.01. The van der Waals surface area contributed by atoms with E-state index < -0.39 is 0 Å². The predicted octanol–water partition coefficient (Wildman–Crippen LogP) is 0.00980. The van der Waals surface area contributed by atoms with Crippen molar-refractivity contribution in [3.8, 4) is 0 Å². The summed E-state index contributed by atoms with van der Waals surface area (Å²) < 4.78 is 5.32. The number of rotatable bonds is 4. The molecule has 1 aliphatic rings. The highest BCUT2D eigenvalue weighted by Crippen LogP contribution is 2.17. The maximum Gasteiger partial charge on any atom is 0.144 e. The second-order valence-electron chi connectivity index (χ2n) is 4.27. The summed E-state index contributed by atoms with van der Waals surface area (Å²) in [7, 11) is 1.85. The van der Waals surface area contributed by atoms with Crippen LogP contribution >= 0.6 is 0 Å². The first-order valence-corrected chi connectivity index (χ1v) is 5.69. The average Bonchev–Trinajstić information content (AvgIpc) is 2.77. The Morgan fingerprint density at radius 1 is 1.65 bits per heavy atom. The topological polar surface area (TPSA) is 77.2 Å². The van der Waals surface area contributed by atoms with Crippen LogP contribution in [0.4, 0.5) is 5.82 Å². The van der Waals surface area contributed by atoms with E-state index in [1.807, 2.05) is 13.1 Å². The lowest BCUT2D eigenvalue weighted by atomic mass is 9.94. The number of nitrogens with one attached hydrogen (secondary N) is 1. The number of aromatic nitrogens is 1. The van der Waals surface area contributed by atoms with E-state index in [1.54, 1.807) is 12.3 Å². The minimum atomic E-state index is -0.0608. The van der Waals surface area contributed by atoms with E-state index in [9.17, 15) is 4.79 Å². The average molecular weight is 235 g/mol. The van der Waals surface area contributed by atoms with Gasteiger partial charge in [-0.15, -0.1) is 0 Å². The zero-order valence-corrected chi connectivity index (χ0v) is 9.85. The molecule has 1 saturated heterocycles. The number of pyridine rings is 1. The molecule has 17 heavy (non-hydrogen) atoms. The molecule has 3 N–H and O–H groups in total. The quantitative estimate of drug-likeness (QED) is 0.768. The first-order chi connectivity index (χ1) is 8.20. The van der Waals surface area contributed by atoms with Crippen LogP contribution in [-0.4, -0.2) is 37.1 Å². The van der Waals surface area contributed by atoms with E-state index in [2.05, 4.69) is 10.3 Å². The van der Waals surface area contributed by atoms with Crippen molar-refractivity contribution in [1.82, 2.24) is 10.3 Å². The fraction of sp³-hybridized carbons (Fsp3) is 0.500. The number of Topliss-reactive ketones (excluding diaryl/α,β-unsaturated/α-hetero) is 1. The minimum absolute atomic E-state index is 0.0608. The maximum atomic E-state index is 12.1. The zero-order valence-electron chi connectivity index (χ0n) is 9.85. The van der Waals surface area contributed by atoms with Crippen LogP contribution in [0.15, 0.2) is 18.3 Å². The monoisotopic (exact) mass is 235 g/mol. The number of ether oxygens (including phenoxy) is 1. The molecule has 0 saturated carbocycles. The number of likely N-dealkylation sites (N-methyl/N-ethyl adjacent to an activating group) is 1. The molecule has 2 heterocycles. The van der Waals surface area contributed by atoms with E-state index >= 15 is 0 Å². The van der Waals surface area contributed by atoms with Crippen molar-refractivity contribution >= 4 is 11.6 Å². The molecular weight excluding hydrogens is 218 g/mol. The molecule has 1 fully saturated rings. The van der Waals surface area contributed by atoms with Crippen molar-refractivity contribution in [2.45, 2.75) is 12.5 Å². The van der Waals surface area contributed by atoms with E-state index in [1.165, 1.54) is 0 Å². The normalized spacial score (nSPS) is 23.8. The van der Waals surface area contributed by atoms with Crippen LogP contribution in [0.1, 0.15) is 5.56 Å². The lowest BCUT2D eigenvalue weighted by Crippen LogP contribution is -2.37. The third-order valence-electron chi connectivity index (χ3n) is 3.09. The molecule has 0 amide bonds. The molecule has 92 valence electrons. The summed E-state index contributed by atoms with van der Waals surface area (Å²) >= 11 is 0. The van der Waals surface area contributed by atoms with Gasteiger partial charge >= 0.3 is 0 Å². The molecule has 0 radical (unpaired) electrons. The van der Waals surface area contributed by atoms with Gasteiger partial charge in [0.15, 0.2) is 0 Å². The van der Waals surface area contributed by atoms with Gasteiger partial charge in [0.1, 0.15) is 11.6 Å². The van der Waals surface area contributed by atoms with Crippen molar-refractivity contribution in [3.63, 3.8) is 0 Å². The molecule has 5 nitrogen and oxygen atoms in total. The fourth-order valence-electron chi connectivity index (χ4n) is 2.09. The standard InChI is InChI=1S/C12H17N3O2/c1-14-10-7-17-6-9(10)11(16)4-8-2-3-15-12(13)5-8/h2-3,5,9-10,14H,4,6-7H2,1H3,(H2,13,15). The van der Waals surface area contributed by atoms with Gasteiger partial charge in [0.05, 0.1) is 19.1 Å². The Hall–Kier alpha value is -1.46. The Morgan fingerprint density at radius 2 is 2.47 bits per heavy atom. The summed E-state index contributed by atoms with van der Waals surface area (Å²) in [5.41, 5.74) is 6.49. The number of anilines is 1. The molecule has 0 bridgehead atoms. The molecule has 1 aromatic heterocycles. The summed E-state index contributed by atoms with van der Waals surface area (Å²) in [4.78, 5) is 16.0. The maximum absolute atomic E-state index is 12.1. The number of nitrogens with zero attached hydrogens (tertiary/aromatic N) is 1. The smallest absolute Gasteiger partial charge is 0.144 e. The number of nitrogens with two attached hydrogens (primary N) is 1. The molecule has 1 aromatic rings. The number of ketones is 1. The van der Waals surface area contributed by atoms with Gasteiger partial charge in [0.25, 0.3) is 0 Å². The Kier molecular flexibility index (Phi) is 3.71. The predicted molar refractivity (Wildman–Crippen MR) is 64.5 cm³/mol. The Bertz CT molecular complexity index is 408. The van der Waals surface area contributed by atoms with Gasteiger partial charge in [-0.05, 0) is 24.7 Å². The van der Waals surface area contributed by atoms with Crippen LogP contribution in [-0.2, 0) is 16.0 Å². The summed E-state index contributed by atoms with van der Waals surface area (Å²) in [6, 6.07) is 3.68. The van der Waals surface area contributed by atoms with Crippen LogP contribution in [0, 0.1) is 5.92 Å². The van der Waals surface area contributed by atoms with Crippen molar-refractivity contribution in [2.75, 3.05) is 26.0 Å². The fourth-order valence-corrected chi connectivity index (χ4v) is 2.09. The molecular formula is C12H17N3O2. The Balaban J connectivity index is 2.01. The van der Waals surface area contributed by atoms with Gasteiger partial charge in [-0.2, -0.15) is 0 Å². The summed E-state index contributed by atoms with van der Waals surface area (Å²) in [6.45, 7) is 1.11. The van der Waals surface area contributed by atoms with Crippen molar-refractivity contribution in [1.29, 1.82) is 0 Å². The highest BCUT2D eigenvalue weighted by molar-refractivity contribution is 5.84. The second-order valence-corrected chi connectivity index (χ2v) is 4.27. The lowest BCUT2D eigenvalue weighted by molar-refractivity contribution is -0.122. The highest BCUT2D eigenvalue weighted by atomic mass is 16.5. The molecule has 0 aliphatic carbocycles. The van der Waals surface area contributed by atoms with Gasteiger partial charge < -0.3 is 15.8 Å². The van der Waals surface area contributed by atoms with Crippen LogP contribution < -0.4 is 11.1 Å². The molecule has 0 spiro atoms. The second kappa shape index (κ2) is 5.25. The third kappa shape index (κ3) is 2.81. The molecule has 0 aromatic carbocycles. The largest absolute Gasteiger partial charge is 0.384 e. The zero-order chi connectivity index (χ0) is 12.3. The van der Waals surface area contributed by atoms with Gasteiger partial charge in [0.2, 0.25) is 0 Å². The van der Waals surface area contributed by atoms with Crippen molar-refractivity contribution in [2.24, 2.45) is 5.92 Å². The van der Waals surface area contributed by atoms with E-state index in [0.717, 1.165) is 5.56 Å². The molecule has 2 atom stereocenters. The first kappa shape index (κ1) is 12.0. The Morgan fingerprint density at radius 3 is 3.18 bits per heavy atom. The van der Waals surface area contributed by atoms with Gasteiger partial charge in [0, 0.05) is 18.7 Å². The number of hydrogen-bond acceptors (Lipinski definition) is 5. The molecule has 1 aliphatic heterocycles. The number of carbonyl (C=O) groups excluding carboxylic acids is 1. The van der Waals surface area contributed by atoms with Crippen molar-refractivity contribution < 1.29 is 9.53 Å². The van der Waals surface area contributed by atoms with Gasteiger partial charge in [-0.1, -0.05) is 0 Å². The third-order valence-corrected chi connectivity index (χ3v) is 3.09. The number of hydrogen-bond donors (Lipinski definition) is 2. The summed E-state index contributed by atoms with van der Waals surface area (Å²) in [5.74, 6) is 0.574. The number of carbonyl (C=O) groups is 1. The van der Waals surface area contributed by atoms with Crippen molar-refractivity contribution in [3.05, 3.63) is 23.9 Å². The van der Waals surface area contributed by atoms with Crippen LogP contribution in [0.3, 0.4) is 0 Å². The highest BCUT2D eigenvalue weighted by Gasteiger charge is 2.32. The first-order valence-electron chi connectivity index (χ1n) is 5.69. The van der Waals surface area contributed by atoms with E-state index in [-0.39, 0.29) is 17.7 Å². The molecule has 5 heteroatoms. The molecule has 2 rings (SSSR count). The number of nitrogen functional groups attached to an aromatic ring is 1. The van der Waals surface area contributed by atoms with Crippen LogP contribution in [0.2, 0.25) is 0 Å². The Labute approximate surface area is 100 Å². The van der Waals surface area contributed by atoms with Crippen LogP contribution in [0.5, 0.6) is 0 Å². The van der Waals surface area contributed by atoms with Crippen LogP contribution in [0.25, 0.3) is 0 Å². The SMILES string of the molecule is CNC1COCC1C(=O)Cc1ccnc(N)c1. The lowest BCUT2D eigenvalue weighted by Gasteiger charge is -2.15. The minimum Gasteiger partial charge on any atom is -0.384 e. The van der Waals surface area contributed by atoms with E-state index in [0.29, 0.717) is 25.5 Å². The van der Waals surface area contributed by atoms with E-state index in [4.69, 9.17) is 10.5 Å². The summed E-state index contributed by atoms with van der Waals surface area (Å²) in [5, 5.41) is 3.11. The molecule has 2 unspecified atom stereocenters.